The van der Waals surface area contributed by atoms with Crippen molar-refractivity contribution in [3.8, 4) is 0 Å². The number of carboxylic acids is 1. The van der Waals surface area contributed by atoms with Gasteiger partial charge in [0, 0.05) is 6.20 Å². The number of aromatic nitrogens is 1. The molecule has 0 spiro atoms. The van der Waals surface area contributed by atoms with Crippen LogP contribution in [-0.4, -0.2) is 34.9 Å². The van der Waals surface area contributed by atoms with E-state index in [2.05, 4.69) is 4.98 Å². The van der Waals surface area contributed by atoms with Gasteiger partial charge in [0.25, 0.3) is 0 Å². The number of carbonyl (C=O) groups excluding carboxylic acids is 1. The number of carbonyl (C=O) groups is 2. The summed E-state index contributed by atoms with van der Waals surface area (Å²) in [6.07, 6.45) is 1.43. The van der Waals surface area contributed by atoms with Crippen LogP contribution in [0.3, 0.4) is 0 Å². The zero-order valence-corrected chi connectivity index (χ0v) is 7.30. The fourth-order valence-corrected chi connectivity index (χ4v) is 1.27. The highest BCUT2D eigenvalue weighted by molar-refractivity contribution is 5.95. The summed E-state index contributed by atoms with van der Waals surface area (Å²) in [6.45, 7) is 0.659. The van der Waals surface area contributed by atoms with Crippen molar-refractivity contribution in [1.29, 1.82) is 0 Å². The molecule has 0 aliphatic carbocycles. The molecule has 14 heavy (non-hydrogen) atoms. The topological polar surface area (TPSA) is 70.5 Å². The van der Waals surface area contributed by atoms with Crippen LogP contribution in [-0.2, 0) is 4.79 Å². The predicted molar refractivity (Wildman–Crippen MR) is 48.4 cm³/mol. The monoisotopic (exact) mass is 192 g/mol. The van der Waals surface area contributed by atoms with Gasteiger partial charge in [0.2, 0.25) is 0 Å². The molecule has 1 aliphatic rings. The van der Waals surface area contributed by atoms with Crippen molar-refractivity contribution in [1.82, 2.24) is 4.98 Å². The largest absolute Gasteiger partial charge is 0.478 e. The third-order valence-corrected chi connectivity index (χ3v) is 2.05. The van der Waals surface area contributed by atoms with Crippen LogP contribution in [0, 0.1) is 0 Å². The van der Waals surface area contributed by atoms with Crippen molar-refractivity contribution in [2.75, 3.05) is 18.0 Å². The maximum atomic E-state index is 10.7. The number of hydrogen-bond acceptors (Lipinski definition) is 4. The molecule has 0 aromatic carbocycles. The molecule has 0 saturated carbocycles. The summed E-state index contributed by atoms with van der Waals surface area (Å²) in [7, 11) is 0. The van der Waals surface area contributed by atoms with E-state index in [1.165, 1.54) is 18.3 Å². The zero-order chi connectivity index (χ0) is 10.1. The van der Waals surface area contributed by atoms with Crippen LogP contribution in [0.2, 0.25) is 0 Å². The van der Waals surface area contributed by atoms with E-state index < -0.39 is 5.97 Å². The minimum Gasteiger partial charge on any atom is -0.478 e. The first-order chi connectivity index (χ1) is 6.66. The maximum absolute atomic E-state index is 10.7. The number of Topliss-reactive ketones (excluding diaryl/α,β-unsaturated/α-hetero) is 1. The van der Waals surface area contributed by atoms with Crippen molar-refractivity contribution < 1.29 is 14.7 Å². The number of ketones is 1. The Labute approximate surface area is 80.0 Å². The van der Waals surface area contributed by atoms with E-state index in [1.807, 2.05) is 0 Å². The van der Waals surface area contributed by atoms with E-state index in [-0.39, 0.29) is 11.3 Å². The molecule has 1 aromatic rings. The molecule has 1 N–H and O–H groups in total. The molecule has 0 bridgehead atoms. The highest BCUT2D eigenvalue weighted by atomic mass is 16.4. The van der Waals surface area contributed by atoms with Gasteiger partial charge >= 0.3 is 5.97 Å². The third-order valence-electron chi connectivity index (χ3n) is 2.05. The van der Waals surface area contributed by atoms with Crippen LogP contribution in [0.4, 0.5) is 5.82 Å². The smallest absolute Gasteiger partial charge is 0.335 e. The number of hydrogen-bond donors (Lipinski definition) is 1. The lowest BCUT2D eigenvalue weighted by molar-refractivity contribution is -0.119. The summed E-state index contributed by atoms with van der Waals surface area (Å²) in [5, 5.41) is 8.72. The lowest BCUT2D eigenvalue weighted by Crippen LogP contribution is -2.47. The summed E-state index contributed by atoms with van der Waals surface area (Å²) < 4.78 is 0. The zero-order valence-electron chi connectivity index (χ0n) is 7.30. The number of nitrogens with zero attached hydrogens (tertiary/aromatic N) is 2. The fourth-order valence-electron chi connectivity index (χ4n) is 1.27. The Bertz CT molecular complexity index is 395. The normalized spacial score (nSPS) is 15.1. The Hall–Kier alpha value is -1.91. The standard InChI is InChI=1S/C9H8N2O3/c12-7-4-11(5-7)8-3-6(9(13)14)1-2-10-8/h1-3H,4-5H2,(H,13,14). The van der Waals surface area contributed by atoms with E-state index in [9.17, 15) is 9.59 Å². The molecule has 5 nitrogen and oxygen atoms in total. The first-order valence-electron chi connectivity index (χ1n) is 4.13. The van der Waals surface area contributed by atoms with Gasteiger partial charge in [-0.15, -0.1) is 0 Å². The average molecular weight is 192 g/mol. The predicted octanol–water partition coefficient (Wildman–Crippen LogP) is 0.169. The summed E-state index contributed by atoms with van der Waals surface area (Å²) in [5.74, 6) is -0.294. The van der Waals surface area contributed by atoms with Gasteiger partial charge in [0.1, 0.15) is 5.82 Å². The van der Waals surface area contributed by atoms with Gasteiger partial charge in [-0.25, -0.2) is 9.78 Å². The van der Waals surface area contributed by atoms with Crippen molar-refractivity contribution in [3.05, 3.63) is 23.9 Å². The third kappa shape index (κ3) is 1.44. The summed E-state index contributed by atoms with van der Waals surface area (Å²) in [5.41, 5.74) is 0.189. The SMILES string of the molecule is O=C1CN(c2cc(C(=O)O)ccn2)C1. The van der Waals surface area contributed by atoms with Crippen LogP contribution < -0.4 is 4.90 Å². The number of aromatic carboxylic acids is 1. The molecule has 5 heteroatoms. The highest BCUT2D eigenvalue weighted by Gasteiger charge is 2.24. The summed E-state index contributed by atoms with van der Waals surface area (Å²) in [6, 6.07) is 2.89. The van der Waals surface area contributed by atoms with Gasteiger partial charge in [-0.05, 0) is 12.1 Å². The van der Waals surface area contributed by atoms with Gasteiger partial charge in [0.15, 0.2) is 5.78 Å². The van der Waals surface area contributed by atoms with Gasteiger partial charge in [-0.3, -0.25) is 4.79 Å². The van der Waals surface area contributed by atoms with Crippen LogP contribution in [0.1, 0.15) is 10.4 Å². The van der Waals surface area contributed by atoms with Crippen LogP contribution in [0.5, 0.6) is 0 Å². The van der Waals surface area contributed by atoms with E-state index in [1.54, 1.807) is 4.90 Å². The molecule has 0 radical (unpaired) electrons. The minimum atomic E-state index is -0.986. The van der Waals surface area contributed by atoms with Crippen molar-refractivity contribution >= 4 is 17.6 Å². The second-order valence-corrected chi connectivity index (χ2v) is 3.10. The minimum absolute atomic E-state index is 0.146. The van der Waals surface area contributed by atoms with Crippen LogP contribution >= 0.6 is 0 Å². The Kier molecular flexibility index (Phi) is 1.92. The Balaban J connectivity index is 2.22. The molecule has 1 aromatic heterocycles. The fraction of sp³-hybridized carbons (Fsp3) is 0.222. The lowest BCUT2D eigenvalue weighted by atomic mass is 10.2. The van der Waals surface area contributed by atoms with E-state index >= 15 is 0 Å². The number of carboxylic acid groups (broad SMARTS) is 1. The van der Waals surface area contributed by atoms with E-state index in [0.29, 0.717) is 18.9 Å². The molecule has 1 fully saturated rings. The molecular formula is C9H8N2O3. The van der Waals surface area contributed by atoms with Crippen LogP contribution in [0.15, 0.2) is 18.3 Å². The maximum Gasteiger partial charge on any atom is 0.335 e. The van der Waals surface area contributed by atoms with Gasteiger partial charge in [-0.2, -0.15) is 0 Å². The molecule has 72 valence electrons. The molecule has 0 unspecified atom stereocenters. The molecule has 0 amide bonds. The first kappa shape index (κ1) is 8.68. The van der Waals surface area contributed by atoms with Gasteiger partial charge in [-0.1, -0.05) is 0 Å². The first-order valence-corrected chi connectivity index (χ1v) is 4.13. The second-order valence-electron chi connectivity index (χ2n) is 3.10. The molecule has 2 heterocycles. The van der Waals surface area contributed by atoms with E-state index in [0.717, 1.165) is 0 Å². The van der Waals surface area contributed by atoms with Crippen molar-refractivity contribution in [2.45, 2.75) is 0 Å². The average Bonchev–Trinajstić information content (AvgIpc) is 2.13. The highest BCUT2D eigenvalue weighted by Crippen LogP contribution is 2.16. The molecule has 0 atom stereocenters. The number of rotatable bonds is 2. The summed E-state index contributed by atoms with van der Waals surface area (Å²) in [4.78, 5) is 27.1. The molecular weight excluding hydrogens is 184 g/mol. The quantitative estimate of drug-likeness (QED) is 0.723. The number of pyridine rings is 1. The molecule has 1 saturated heterocycles. The molecule has 2 rings (SSSR count). The Morgan fingerprint density at radius 2 is 2.21 bits per heavy atom. The van der Waals surface area contributed by atoms with Crippen molar-refractivity contribution in [2.24, 2.45) is 0 Å². The van der Waals surface area contributed by atoms with E-state index in [4.69, 9.17) is 5.11 Å². The van der Waals surface area contributed by atoms with Crippen LogP contribution in [0.25, 0.3) is 0 Å². The number of anilines is 1. The summed E-state index contributed by atoms with van der Waals surface area (Å²) >= 11 is 0. The second kappa shape index (κ2) is 3.10. The lowest BCUT2D eigenvalue weighted by Gasteiger charge is -2.30. The van der Waals surface area contributed by atoms with Gasteiger partial charge < -0.3 is 10.0 Å². The molecule has 1 aliphatic heterocycles. The van der Waals surface area contributed by atoms with Crippen molar-refractivity contribution in [3.63, 3.8) is 0 Å². The van der Waals surface area contributed by atoms with Gasteiger partial charge in [0.05, 0.1) is 18.7 Å². The Morgan fingerprint density at radius 1 is 1.50 bits per heavy atom. The Morgan fingerprint density at radius 3 is 2.79 bits per heavy atom.